The quantitative estimate of drug-likeness (QED) is 0.319. The number of hydrogen-bond acceptors (Lipinski definition) is 5. The number of phenols is 2. The van der Waals surface area contributed by atoms with Crippen LogP contribution in [0.25, 0.3) is 10.1 Å². The number of hydrogen-bond donors (Lipinski definition) is 2. The Bertz CT molecular complexity index is 1610. The summed E-state index contributed by atoms with van der Waals surface area (Å²) < 4.78 is 6.97. The molecule has 6 heteroatoms. The SMILES string of the molecule is O=C1N(C(c2ccccc2)c2ccccc2)c2ccc(O)cc2C12COc1c2cc(O)c2sccc12. The molecule has 2 aliphatic heterocycles. The topological polar surface area (TPSA) is 70.0 Å². The fourth-order valence-electron chi connectivity index (χ4n) is 5.75. The molecule has 5 nitrogen and oxygen atoms in total. The van der Waals surface area contributed by atoms with Crippen molar-refractivity contribution >= 4 is 33.0 Å². The zero-order valence-electron chi connectivity index (χ0n) is 19.1. The summed E-state index contributed by atoms with van der Waals surface area (Å²) in [6.45, 7) is 0.0961. The lowest BCUT2D eigenvalue weighted by Crippen LogP contribution is -2.44. The second kappa shape index (κ2) is 7.60. The number of ether oxygens (including phenoxy) is 1. The summed E-state index contributed by atoms with van der Waals surface area (Å²) in [6.07, 6.45) is 0. The van der Waals surface area contributed by atoms with Gasteiger partial charge in [0.05, 0.1) is 10.7 Å². The number of benzene rings is 4. The molecule has 176 valence electrons. The maximum atomic E-state index is 14.7. The molecule has 7 rings (SSSR count). The van der Waals surface area contributed by atoms with Crippen LogP contribution in [0.1, 0.15) is 28.3 Å². The molecule has 2 N–H and O–H groups in total. The van der Waals surface area contributed by atoms with E-state index >= 15 is 0 Å². The molecule has 0 saturated heterocycles. The molecule has 0 radical (unpaired) electrons. The molecule has 1 spiro atoms. The van der Waals surface area contributed by atoms with E-state index in [1.54, 1.807) is 24.3 Å². The first-order valence-electron chi connectivity index (χ1n) is 11.7. The first-order chi connectivity index (χ1) is 17.6. The average Bonchev–Trinajstić information content (AvgIpc) is 3.59. The van der Waals surface area contributed by atoms with Gasteiger partial charge in [-0.05, 0) is 46.8 Å². The van der Waals surface area contributed by atoms with E-state index in [1.165, 1.54) is 11.3 Å². The monoisotopic (exact) mass is 491 g/mol. The number of rotatable bonds is 3. The number of fused-ring (bicyclic) bond motifs is 6. The van der Waals surface area contributed by atoms with Gasteiger partial charge in [0.1, 0.15) is 29.3 Å². The Balaban J connectivity index is 1.51. The minimum atomic E-state index is -1.18. The van der Waals surface area contributed by atoms with Crippen molar-refractivity contribution in [2.75, 3.05) is 11.5 Å². The normalized spacial score (nSPS) is 18.1. The number of amides is 1. The van der Waals surface area contributed by atoms with Gasteiger partial charge in [-0.2, -0.15) is 0 Å². The summed E-state index contributed by atoms with van der Waals surface area (Å²) in [5, 5.41) is 24.1. The number of carbonyl (C=O) groups is 1. The van der Waals surface area contributed by atoms with Crippen molar-refractivity contribution in [2.45, 2.75) is 11.5 Å². The van der Waals surface area contributed by atoms with Crippen LogP contribution in [0.2, 0.25) is 0 Å². The second-order valence-electron chi connectivity index (χ2n) is 9.23. The Labute approximate surface area is 211 Å². The van der Waals surface area contributed by atoms with Crippen LogP contribution in [0.5, 0.6) is 17.2 Å². The Morgan fingerprint density at radius 3 is 2.25 bits per heavy atom. The number of anilines is 1. The van der Waals surface area contributed by atoms with E-state index in [4.69, 9.17) is 4.74 Å². The van der Waals surface area contributed by atoms with Gasteiger partial charge in [0.25, 0.3) is 0 Å². The van der Waals surface area contributed by atoms with E-state index in [9.17, 15) is 15.0 Å². The third kappa shape index (κ3) is 2.73. The Hall–Kier alpha value is -4.29. The molecular weight excluding hydrogens is 470 g/mol. The maximum Gasteiger partial charge on any atom is 0.246 e. The third-order valence-electron chi connectivity index (χ3n) is 7.33. The van der Waals surface area contributed by atoms with Gasteiger partial charge >= 0.3 is 0 Å². The summed E-state index contributed by atoms with van der Waals surface area (Å²) in [7, 11) is 0. The number of aromatic hydroxyl groups is 2. The average molecular weight is 492 g/mol. The highest BCUT2D eigenvalue weighted by Gasteiger charge is 2.59. The molecule has 0 aliphatic carbocycles. The van der Waals surface area contributed by atoms with E-state index in [2.05, 4.69) is 0 Å². The molecule has 1 amide bonds. The van der Waals surface area contributed by atoms with Gasteiger partial charge in [0.2, 0.25) is 5.91 Å². The highest BCUT2D eigenvalue weighted by molar-refractivity contribution is 7.17. The number of nitrogens with zero attached hydrogens (tertiary/aromatic N) is 1. The number of carbonyl (C=O) groups excluding carboxylic acids is 1. The molecule has 2 aliphatic rings. The molecule has 0 fully saturated rings. The maximum absolute atomic E-state index is 14.7. The lowest BCUT2D eigenvalue weighted by molar-refractivity contribution is -0.122. The van der Waals surface area contributed by atoms with Gasteiger partial charge in [-0.1, -0.05) is 60.7 Å². The zero-order chi connectivity index (χ0) is 24.4. The van der Waals surface area contributed by atoms with Gasteiger partial charge in [-0.3, -0.25) is 9.69 Å². The van der Waals surface area contributed by atoms with Gasteiger partial charge in [-0.15, -0.1) is 11.3 Å². The van der Waals surface area contributed by atoms with Crippen molar-refractivity contribution in [1.82, 2.24) is 0 Å². The molecule has 1 atom stereocenters. The van der Waals surface area contributed by atoms with Crippen LogP contribution in [0.15, 0.2) is 96.4 Å². The minimum Gasteiger partial charge on any atom is -0.508 e. The second-order valence-corrected chi connectivity index (χ2v) is 10.1. The van der Waals surface area contributed by atoms with Crippen LogP contribution >= 0.6 is 11.3 Å². The molecule has 36 heavy (non-hydrogen) atoms. The molecular formula is C30H21NO4S. The van der Waals surface area contributed by atoms with Gasteiger partial charge in [0.15, 0.2) is 0 Å². The summed E-state index contributed by atoms with van der Waals surface area (Å²) in [4.78, 5) is 16.5. The van der Waals surface area contributed by atoms with Crippen molar-refractivity contribution in [3.8, 4) is 17.2 Å². The fraction of sp³-hybridized carbons (Fsp3) is 0.100. The highest BCUT2D eigenvalue weighted by atomic mass is 32.1. The van der Waals surface area contributed by atoms with Crippen LogP contribution in [-0.4, -0.2) is 22.7 Å². The van der Waals surface area contributed by atoms with E-state index < -0.39 is 5.41 Å². The lowest BCUT2D eigenvalue weighted by Gasteiger charge is -2.31. The van der Waals surface area contributed by atoms with Gasteiger partial charge < -0.3 is 14.9 Å². The first-order valence-corrected chi connectivity index (χ1v) is 12.6. The van der Waals surface area contributed by atoms with E-state index in [1.807, 2.05) is 77.0 Å². The number of phenolic OH excluding ortho intramolecular Hbond substituents is 2. The smallest absolute Gasteiger partial charge is 0.246 e. The molecule has 3 heterocycles. The van der Waals surface area contributed by atoms with Crippen molar-refractivity contribution in [3.63, 3.8) is 0 Å². The van der Waals surface area contributed by atoms with E-state index in [-0.39, 0.29) is 30.1 Å². The number of thiophene rings is 1. The minimum absolute atomic E-state index is 0.0769. The van der Waals surface area contributed by atoms with Crippen LogP contribution in [0.3, 0.4) is 0 Å². The Morgan fingerprint density at radius 1 is 0.861 bits per heavy atom. The Kier molecular flexibility index (Phi) is 4.44. The Morgan fingerprint density at radius 2 is 1.56 bits per heavy atom. The van der Waals surface area contributed by atoms with Crippen molar-refractivity contribution < 1.29 is 19.7 Å². The fourth-order valence-corrected chi connectivity index (χ4v) is 6.56. The van der Waals surface area contributed by atoms with Crippen LogP contribution in [-0.2, 0) is 10.2 Å². The van der Waals surface area contributed by atoms with Crippen LogP contribution in [0, 0.1) is 0 Å². The third-order valence-corrected chi connectivity index (χ3v) is 8.27. The van der Waals surface area contributed by atoms with Crippen molar-refractivity contribution in [3.05, 3.63) is 119 Å². The van der Waals surface area contributed by atoms with Crippen LogP contribution in [0.4, 0.5) is 5.69 Å². The molecule has 0 bridgehead atoms. The van der Waals surface area contributed by atoms with E-state index in [0.717, 1.165) is 26.9 Å². The standard InChI is InChI=1S/C30H21NO4S/c32-20-11-12-24-22(15-20)30(17-35-27-21-13-14-36-28(21)25(33)16-23(27)30)29(34)31(24)26(18-7-3-1-4-8-18)19-9-5-2-6-10-19/h1-16,26,32-33H,17H2. The molecule has 1 unspecified atom stereocenters. The lowest BCUT2D eigenvalue weighted by atomic mass is 9.76. The molecule has 5 aromatic rings. The summed E-state index contributed by atoms with van der Waals surface area (Å²) in [6, 6.07) is 28.2. The van der Waals surface area contributed by atoms with Gasteiger partial charge in [-0.25, -0.2) is 0 Å². The van der Waals surface area contributed by atoms with Crippen LogP contribution < -0.4 is 9.64 Å². The van der Waals surface area contributed by atoms with Gasteiger partial charge in [0, 0.05) is 22.2 Å². The zero-order valence-corrected chi connectivity index (χ0v) is 19.9. The largest absolute Gasteiger partial charge is 0.508 e. The molecule has 4 aromatic carbocycles. The summed E-state index contributed by atoms with van der Waals surface area (Å²) >= 11 is 1.43. The van der Waals surface area contributed by atoms with E-state index in [0.29, 0.717) is 16.9 Å². The molecule has 0 saturated carbocycles. The highest BCUT2D eigenvalue weighted by Crippen LogP contribution is 2.58. The van der Waals surface area contributed by atoms with Crippen molar-refractivity contribution in [1.29, 1.82) is 0 Å². The van der Waals surface area contributed by atoms with Crippen molar-refractivity contribution in [2.24, 2.45) is 0 Å². The summed E-state index contributed by atoms with van der Waals surface area (Å²) in [5.74, 6) is 0.672. The predicted molar refractivity (Wildman–Crippen MR) is 140 cm³/mol. The summed E-state index contributed by atoms with van der Waals surface area (Å²) in [5.41, 5.74) is 2.80. The first kappa shape index (κ1) is 21.0. The molecule has 1 aromatic heterocycles. The predicted octanol–water partition coefficient (Wildman–Crippen LogP) is 6.13.